The van der Waals surface area contributed by atoms with Crippen molar-refractivity contribution in [3.05, 3.63) is 35.9 Å². The Morgan fingerprint density at radius 3 is 2.31 bits per heavy atom. The zero-order valence-electron chi connectivity index (χ0n) is 10.5. The quantitative estimate of drug-likeness (QED) is 0.813. The van der Waals surface area contributed by atoms with Crippen molar-refractivity contribution >= 4 is 11.8 Å². The third kappa shape index (κ3) is 4.58. The lowest BCUT2D eigenvalue weighted by atomic mass is 10.1. The van der Waals surface area contributed by atoms with Gasteiger partial charge < -0.3 is 5.73 Å². The third-order valence-corrected chi connectivity index (χ3v) is 4.06. The van der Waals surface area contributed by atoms with Crippen LogP contribution in [0.2, 0.25) is 0 Å². The Labute approximate surface area is 104 Å². The Kier molecular flexibility index (Phi) is 5.93. The summed E-state index contributed by atoms with van der Waals surface area (Å²) in [5.74, 6) is 1.99. The highest BCUT2D eigenvalue weighted by Crippen LogP contribution is 2.25. The summed E-state index contributed by atoms with van der Waals surface area (Å²) in [6.07, 6.45) is 1.27. The van der Waals surface area contributed by atoms with Gasteiger partial charge in [0.25, 0.3) is 0 Å². The molecule has 0 saturated carbocycles. The molecule has 16 heavy (non-hydrogen) atoms. The van der Waals surface area contributed by atoms with Gasteiger partial charge in [-0.1, -0.05) is 51.1 Å². The van der Waals surface area contributed by atoms with Crippen LogP contribution in [0.5, 0.6) is 0 Å². The number of benzene rings is 1. The summed E-state index contributed by atoms with van der Waals surface area (Å²) in [5.41, 5.74) is 7.48. The summed E-state index contributed by atoms with van der Waals surface area (Å²) in [7, 11) is 0. The first kappa shape index (κ1) is 13.6. The lowest BCUT2D eigenvalue weighted by Crippen LogP contribution is -2.21. The fourth-order valence-electron chi connectivity index (χ4n) is 1.54. The highest BCUT2D eigenvalue weighted by molar-refractivity contribution is 7.99. The molecule has 0 spiro atoms. The van der Waals surface area contributed by atoms with E-state index in [2.05, 4.69) is 45.0 Å². The van der Waals surface area contributed by atoms with Gasteiger partial charge in [0.1, 0.15) is 0 Å². The molecule has 1 rings (SSSR count). The molecule has 0 aliphatic carbocycles. The van der Waals surface area contributed by atoms with Crippen molar-refractivity contribution in [1.29, 1.82) is 0 Å². The molecule has 0 heterocycles. The topological polar surface area (TPSA) is 26.0 Å². The fraction of sp³-hybridized carbons (Fsp3) is 0.571. The van der Waals surface area contributed by atoms with Gasteiger partial charge in [-0.15, -0.1) is 0 Å². The van der Waals surface area contributed by atoms with E-state index in [9.17, 15) is 0 Å². The van der Waals surface area contributed by atoms with Crippen LogP contribution in [-0.4, -0.2) is 11.0 Å². The largest absolute Gasteiger partial charge is 0.323 e. The van der Waals surface area contributed by atoms with Crippen LogP contribution in [0.4, 0.5) is 0 Å². The van der Waals surface area contributed by atoms with Crippen LogP contribution in [0, 0.1) is 5.92 Å². The molecule has 90 valence electrons. The number of thioether (sulfide) groups is 1. The van der Waals surface area contributed by atoms with Crippen molar-refractivity contribution < 1.29 is 0 Å². The van der Waals surface area contributed by atoms with E-state index in [0.717, 1.165) is 5.92 Å². The fourth-order valence-corrected chi connectivity index (χ4v) is 2.88. The SMILES string of the molecule is CC(C)CCSC(C)C(N)c1ccccc1. The lowest BCUT2D eigenvalue weighted by molar-refractivity contribution is 0.629. The van der Waals surface area contributed by atoms with E-state index in [1.165, 1.54) is 17.7 Å². The number of hydrogen-bond donors (Lipinski definition) is 1. The molecule has 2 N–H and O–H groups in total. The van der Waals surface area contributed by atoms with E-state index in [4.69, 9.17) is 5.73 Å². The summed E-state index contributed by atoms with van der Waals surface area (Å²) in [5, 5.41) is 0.487. The maximum absolute atomic E-state index is 6.23. The lowest BCUT2D eigenvalue weighted by Gasteiger charge is -2.20. The monoisotopic (exact) mass is 237 g/mol. The maximum atomic E-state index is 6.23. The highest BCUT2D eigenvalue weighted by Gasteiger charge is 2.14. The molecule has 2 heteroatoms. The van der Waals surface area contributed by atoms with Crippen LogP contribution >= 0.6 is 11.8 Å². The second-order valence-corrected chi connectivity index (χ2v) is 6.18. The molecule has 1 aromatic carbocycles. The number of hydrogen-bond acceptors (Lipinski definition) is 2. The van der Waals surface area contributed by atoms with Gasteiger partial charge in [-0.3, -0.25) is 0 Å². The zero-order valence-corrected chi connectivity index (χ0v) is 11.3. The predicted octanol–water partition coefficient (Wildman–Crippen LogP) is 3.85. The molecule has 1 nitrogen and oxygen atoms in total. The van der Waals surface area contributed by atoms with Gasteiger partial charge in [-0.05, 0) is 23.7 Å². The summed E-state index contributed by atoms with van der Waals surface area (Å²) < 4.78 is 0. The summed E-state index contributed by atoms with van der Waals surface area (Å²) in [4.78, 5) is 0. The minimum atomic E-state index is 0.151. The predicted molar refractivity (Wildman–Crippen MR) is 74.7 cm³/mol. The molecular weight excluding hydrogens is 214 g/mol. The van der Waals surface area contributed by atoms with Crippen LogP contribution in [0.3, 0.4) is 0 Å². The smallest absolute Gasteiger partial charge is 0.0412 e. The van der Waals surface area contributed by atoms with Crippen molar-refractivity contribution in [1.82, 2.24) is 0 Å². The van der Waals surface area contributed by atoms with Gasteiger partial charge in [0.15, 0.2) is 0 Å². The first-order valence-corrected chi connectivity index (χ1v) is 7.08. The van der Waals surface area contributed by atoms with Crippen molar-refractivity contribution in [2.24, 2.45) is 11.7 Å². The first-order chi connectivity index (χ1) is 7.61. The van der Waals surface area contributed by atoms with Gasteiger partial charge in [0.05, 0.1) is 0 Å². The molecule has 0 amide bonds. The maximum Gasteiger partial charge on any atom is 0.0412 e. The molecule has 0 fully saturated rings. The Bertz CT molecular complexity index is 284. The summed E-state index contributed by atoms with van der Waals surface area (Å²) in [6.45, 7) is 6.76. The molecule has 0 bridgehead atoms. The van der Waals surface area contributed by atoms with E-state index in [1.54, 1.807) is 0 Å². The molecule has 0 aliphatic heterocycles. The van der Waals surface area contributed by atoms with Gasteiger partial charge in [0, 0.05) is 11.3 Å². The third-order valence-electron chi connectivity index (χ3n) is 2.77. The molecule has 0 saturated heterocycles. The molecule has 0 aromatic heterocycles. The Morgan fingerprint density at radius 2 is 1.75 bits per heavy atom. The van der Waals surface area contributed by atoms with Gasteiger partial charge in [0.2, 0.25) is 0 Å². The summed E-state index contributed by atoms with van der Waals surface area (Å²) in [6, 6.07) is 10.5. The molecule has 1 aromatic rings. The zero-order chi connectivity index (χ0) is 12.0. The Hall–Kier alpha value is -0.470. The second kappa shape index (κ2) is 6.97. The Morgan fingerprint density at radius 1 is 1.12 bits per heavy atom. The minimum Gasteiger partial charge on any atom is -0.323 e. The molecule has 2 unspecified atom stereocenters. The van der Waals surface area contributed by atoms with E-state index in [0.29, 0.717) is 5.25 Å². The normalized spacial score (nSPS) is 15.1. The average Bonchev–Trinajstić information content (AvgIpc) is 2.28. The van der Waals surface area contributed by atoms with Crippen LogP contribution < -0.4 is 5.73 Å². The van der Waals surface area contributed by atoms with Crippen LogP contribution in [-0.2, 0) is 0 Å². The van der Waals surface area contributed by atoms with Gasteiger partial charge in [-0.2, -0.15) is 11.8 Å². The van der Waals surface area contributed by atoms with Gasteiger partial charge in [-0.25, -0.2) is 0 Å². The van der Waals surface area contributed by atoms with Crippen molar-refractivity contribution in [2.75, 3.05) is 5.75 Å². The average molecular weight is 237 g/mol. The van der Waals surface area contributed by atoms with Crippen LogP contribution in [0.25, 0.3) is 0 Å². The second-order valence-electron chi connectivity index (χ2n) is 4.69. The van der Waals surface area contributed by atoms with Crippen LogP contribution in [0.1, 0.15) is 38.8 Å². The Balaban J connectivity index is 2.39. The van der Waals surface area contributed by atoms with Crippen LogP contribution in [0.15, 0.2) is 30.3 Å². The molecule has 0 aliphatic rings. The number of rotatable bonds is 6. The first-order valence-electron chi connectivity index (χ1n) is 6.03. The minimum absolute atomic E-state index is 0.151. The standard InChI is InChI=1S/C14H23NS/c1-11(2)9-10-16-12(3)14(15)13-7-5-4-6-8-13/h4-8,11-12,14H,9-10,15H2,1-3H3. The van der Waals surface area contributed by atoms with Gasteiger partial charge >= 0.3 is 0 Å². The summed E-state index contributed by atoms with van der Waals surface area (Å²) >= 11 is 1.98. The van der Waals surface area contributed by atoms with Crippen molar-refractivity contribution in [3.8, 4) is 0 Å². The number of nitrogens with two attached hydrogens (primary N) is 1. The van der Waals surface area contributed by atoms with E-state index >= 15 is 0 Å². The van der Waals surface area contributed by atoms with E-state index in [1.807, 2.05) is 17.8 Å². The molecule has 0 radical (unpaired) electrons. The highest BCUT2D eigenvalue weighted by atomic mass is 32.2. The molecular formula is C14H23NS. The van der Waals surface area contributed by atoms with Crippen molar-refractivity contribution in [3.63, 3.8) is 0 Å². The van der Waals surface area contributed by atoms with E-state index in [-0.39, 0.29) is 6.04 Å². The molecule has 2 atom stereocenters. The van der Waals surface area contributed by atoms with E-state index < -0.39 is 0 Å². The van der Waals surface area contributed by atoms with Crippen molar-refractivity contribution in [2.45, 2.75) is 38.5 Å².